The Kier molecular flexibility index (Phi) is 4.88. The highest BCUT2D eigenvalue weighted by Gasteiger charge is 2.31. The van der Waals surface area contributed by atoms with Crippen molar-refractivity contribution in [2.45, 2.75) is 43.1 Å². The van der Waals surface area contributed by atoms with Gasteiger partial charge in [0, 0.05) is 17.0 Å². The van der Waals surface area contributed by atoms with E-state index in [-0.39, 0.29) is 5.91 Å². The minimum Gasteiger partial charge on any atom is -0.388 e. The molecule has 3 nitrogen and oxygen atoms in total. The van der Waals surface area contributed by atoms with Crippen molar-refractivity contribution in [2.24, 2.45) is 0 Å². The largest absolute Gasteiger partial charge is 0.388 e. The van der Waals surface area contributed by atoms with Gasteiger partial charge in [0.25, 0.3) is 5.91 Å². The van der Waals surface area contributed by atoms with E-state index in [0.29, 0.717) is 12.1 Å². The Morgan fingerprint density at radius 1 is 1.32 bits per heavy atom. The molecule has 0 atom stereocenters. The normalized spacial score (nSPS) is 17.4. The third-order valence-electron chi connectivity index (χ3n) is 3.54. The lowest BCUT2D eigenvalue weighted by atomic mass is 10.0. The summed E-state index contributed by atoms with van der Waals surface area (Å²) in [6, 6.07) is 7.61. The molecule has 2 N–H and O–H groups in total. The molecule has 4 heteroatoms. The predicted molar refractivity (Wildman–Crippen MR) is 78.6 cm³/mol. The Bertz CT molecular complexity index is 424. The Balaban J connectivity index is 1.88. The molecule has 0 heterocycles. The lowest BCUT2D eigenvalue weighted by Crippen LogP contribution is -2.40. The zero-order valence-corrected chi connectivity index (χ0v) is 12.1. The van der Waals surface area contributed by atoms with Crippen molar-refractivity contribution >= 4 is 17.7 Å². The number of rotatable bonds is 5. The van der Waals surface area contributed by atoms with Crippen LogP contribution in [-0.4, -0.2) is 28.9 Å². The second kappa shape index (κ2) is 6.44. The Labute approximate surface area is 118 Å². The van der Waals surface area contributed by atoms with Gasteiger partial charge in [-0.2, -0.15) is 0 Å². The zero-order valence-electron chi connectivity index (χ0n) is 11.3. The maximum Gasteiger partial charge on any atom is 0.251 e. The van der Waals surface area contributed by atoms with Crippen LogP contribution in [0.5, 0.6) is 0 Å². The fourth-order valence-electron chi connectivity index (χ4n) is 2.43. The molecule has 0 aromatic heterocycles. The summed E-state index contributed by atoms with van der Waals surface area (Å²) in [4.78, 5) is 13.2. The van der Waals surface area contributed by atoms with Gasteiger partial charge in [-0.05, 0) is 42.9 Å². The second-order valence-corrected chi connectivity index (χ2v) is 6.41. The molecule has 0 bridgehead atoms. The van der Waals surface area contributed by atoms with Crippen molar-refractivity contribution in [1.29, 1.82) is 0 Å². The summed E-state index contributed by atoms with van der Waals surface area (Å²) in [5, 5.41) is 13.0. The molecule has 0 spiro atoms. The first-order valence-electron chi connectivity index (χ1n) is 6.86. The number of aliphatic hydroxyl groups is 1. The van der Waals surface area contributed by atoms with Gasteiger partial charge in [0.05, 0.1) is 5.60 Å². The fourth-order valence-corrected chi connectivity index (χ4v) is 3.09. The third kappa shape index (κ3) is 3.98. The number of nitrogens with one attached hydrogen (secondary N) is 1. The molecule has 0 radical (unpaired) electrons. The van der Waals surface area contributed by atoms with E-state index < -0.39 is 5.60 Å². The van der Waals surface area contributed by atoms with Gasteiger partial charge >= 0.3 is 0 Å². The summed E-state index contributed by atoms with van der Waals surface area (Å²) >= 11 is 1.76. The quantitative estimate of drug-likeness (QED) is 0.815. The van der Waals surface area contributed by atoms with E-state index in [9.17, 15) is 9.90 Å². The molecular formula is C15H21NO2S. The summed E-state index contributed by atoms with van der Waals surface area (Å²) in [6.07, 6.45) is 3.68. The molecule has 1 fully saturated rings. The van der Waals surface area contributed by atoms with Crippen LogP contribution >= 0.6 is 11.8 Å². The molecule has 1 saturated carbocycles. The van der Waals surface area contributed by atoms with Crippen molar-refractivity contribution < 1.29 is 9.90 Å². The molecule has 1 aliphatic carbocycles. The van der Waals surface area contributed by atoms with Gasteiger partial charge in [0.15, 0.2) is 0 Å². The van der Waals surface area contributed by atoms with Gasteiger partial charge < -0.3 is 10.4 Å². The minimum absolute atomic E-state index is 0.103. The number of hydrogen-bond donors (Lipinski definition) is 2. The van der Waals surface area contributed by atoms with E-state index in [4.69, 9.17) is 0 Å². The highest BCUT2D eigenvalue weighted by molar-refractivity contribution is 7.99. The Morgan fingerprint density at radius 2 is 1.95 bits per heavy atom. The smallest absolute Gasteiger partial charge is 0.251 e. The van der Waals surface area contributed by atoms with E-state index in [1.165, 1.54) is 4.90 Å². The van der Waals surface area contributed by atoms with E-state index in [1.54, 1.807) is 11.8 Å². The number of carbonyl (C=O) groups is 1. The number of amides is 1. The van der Waals surface area contributed by atoms with Crippen molar-refractivity contribution in [2.75, 3.05) is 12.3 Å². The molecule has 0 saturated heterocycles. The maximum absolute atomic E-state index is 12.0. The third-order valence-corrected chi connectivity index (χ3v) is 4.43. The van der Waals surface area contributed by atoms with Crippen LogP contribution in [0.1, 0.15) is 43.0 Å². The summed E-state index contributed by atoms with van der Waals surface area (Å²) in [5.74, 6) is 0.923. The van der Waals surface area contributed by atoms with Gasteiger partial charge in [-0.1, -0.05) is 19.8 Å². The van der Waals surface area contributed by atoms with Crippen LogP contribution in [-0.2, 0) is 0 Å². The van der Waals surface area contributed by atoms with Crippen molar-refractivity contribution in [3.63, 3.8) is 0 Å². The van der Waals surface area contributed by atoms with Crippen LogP contribution in [0.3, 0.4) is 0 Å². The maximum atomic E-state index is 12.0. The minimum atomic E-state index is -0.687. The molecule has 2 rings (SSSR count). The van der Waals surface area contributed by atoms with Crippen molar-refractivity contribution in [3.05, 3.63) is 29.8 Å². The highest BCUT2D eigenvalue weighted by atomic mass is 32.2. The summed E-state index contributed by atoms with van der Waals surface area (Å²) in [5.41, 5.74) is -0.0322. The van der Waals surface area contributed by atoms with Gasteiger partial charge in [-0.15, -0.1) is 11.8 Å². The average Bonchev–Trinajstić information content (AvgIpc) is 2.85. The van der Waals surface area contributed by atoms with Gasteiger partial charge in [0.2, 0.25) is 0 Å². The van der Waals surface area contributed by atoms with E-state index in [2.05, 4.69) is 12.2 Å². The lowest BCUT2D eigenvalue weighted by Gasteiger charge is -2.22. The highest BCUT2D eigenvalue weighted by Crippen LogP contribution is 2.28. The van der Waals surface area contributed by atoms with Crippen LogP contribution in [0.25, 0.3) is 0 Å². The number of thioether (sulfide) groups is 1. The Hall–Kier alpha value is -1.00. The van der Waals surface area contributed by atoms with E-state index in [0.717, 1.165) is 31.4 Å². The molecule has 1 aliphatic rings. The van der Waals surface area contributed by atoms with Crippen molar-refractivity contribution in [1.82, 2.24) is 5.32 Å². The topological polar surface area (TPSA) is 49.3 Å². The summed E-state index contributed by atoms with van der Waals surface area (Å²) in [7, 11) is 0. The fraction of sp³-hybridized carbons (Fsp3) is 0.533. The molecule has 1 aromatic carbocycles. The first-order valence-corrected chi connectivity index (χ1v) is 7.85. The van der Waals surface area contributed by atoms with Crippen LogP contribution in [0.2, 0.25) is 0 Å². The molecule has 0 aliphatic heterocycles. The standard InChI is InChI=1S/C15H21NO2S/c1-2-19-13-7-5-12(6-8-13)14(17)16-11-15(18)9-3-4-10-15/h5-8,18H,2-4,9-11H2,1H3,(H,16,17). The molecular weight excluding hydrogens is 258 g/mol. The van der Waals surface area contributed by atoms with Crippen LogP contribution in [0.15, 0.2) is 29.2 Å². The molecule has 0 unspecified atom stereocenters. The van der Waals surface area contributed by atoms with Crippen LogP contribution in [0, 0.1) is 0 Å². The van der Waals surface area contributed by atoms with Gasteiger partial charge in [0.1, 0.15) is 0 Å². The first-order chi connectivity index (χ1) is 9.13. The molecule has 1 amide bonds. The molecule has 19 heavy (non-hydrogen) atoms. The van der Waals surface area contributed by atoms with Gasteiger partial charge in [-0.3, -0.25) is 4.79 Å². The van der Waals surface area contributed by atoms with E-state index >= 15 is 0 Å². The SMILES string of the molecule is CCSc1ccc(C(=O)NCC2(O)CCCC2)cc1. The summed E-state index contributed by atoms with van der Waals surface area (Å²) in [6.45, 7) is 2.46. The number of carbonyl (C=O) groups excluding carboxylic acids is 1. The van der Waals surface area contributed by atoms with Crippen LogP contribution in [0.4, 0.5) is 0 Å². The molecule has 1 aromatic rings. The predicted octanol–water partition coefficient (Wildman–Crippen LogP) is 2.83. The second-order valence-electron chi connectivity index (χ2n) is 5.07. The first kappa shape index (κ1) is 14.4. The number of hydrogen-bond acceptors (Lipinski definition) is 3. The van der Waals surface area contributed by atoms with Gasteiger partial charge in [-0.25, -0.2) is 0 Å². The Morgan fingerprint density at radius 3 is 2.53 bits per heavy atom. The number of benzene rings is 1. The van der Waals surface area contributed by atoms with Crippen LogP contribution < -0.4 is 5.32 Å². The molecule has 104 valence electrons. The van der Waals surface area contributed by atoms with E-state index in [1.807, 2.05) is 24.3 Å². The lowest BCUT2D eigenvalue weighted by molar-refractivity contribution is 0.0449. The monoisotopic (exact) mass is 279 g/mol. The average molecular weight is 279 g/mol. The van der Waals surface area contributed by atoms with Crippen molar-refractivity contribution in [3.8, 4) is 0 Å². The summed E-state index contributed by atoms with van der Waals surface area (Å²) < 4.78 is 0. The zero-order chi connectivity index (χ0) is 13.7.